The third-order valence-corrected chi connectivity index (χ3v) is 10.3. The summed E-state index contributed by atoms with van der Waals surface area (Å²) in [6, 6.07) is 8.45. The first kappa shape index (κ1) is 34.1. The second kappa shape index (κ2) is 14.8. The average Bonchev–Trinajstić information content (AvgIpc) is 3.07. The van der Waals surface area contributed by atoms with Crippen molar-refractivity contribution in [3.63, 3.8) is 0 Å². The van der Waals surface area contributed by atoms with Crippen molar-refractivity contribution >= 4 is 61.3 Å². The zero-order chi connectivity index (χ0) is 33.8. The molecule has 2 aliphatic heterocycles. The molecule has 0 radical (unpaired) electrons. The topological polar surface area (TPSA) is 129 Å². The lowest BCUT2D eigenvalue weighted by atomic mass is 9.99. The number of benzene rings is 2. The number of fused-ring (bicyclic) bond motifs is 1. The molecule has 0 saturated carbocycles. The third kappa shape index (κ3) is 7.91. The number of aromatic nitrogens is 4. The second-order valence-electron chi connectivity index (χ2n) is 12.7. The number of sulfone groups is 1. The smallest absolute Gasteiger partial charge is 0.229 e. The van der Waals surface area contributed by atoms with E-state index >= 15 is 0 Å². The number of piperazine rings is 1. The molecule has 6 rings (SSSR count). The maximum Gasteiger partial charge on any atom is 0.229 e. The van der Waals surface area contributed by atoms with E-state index in [9.17, 15) is 8.42 Å². The Morgan fingerprint density at radius 1 is 0.979 bits per heavy atom. The molecule has 2 saturated heterocycles. The molecule has 4 aromatic rings. The maximum atomic E-state index is 12.4. The fourth-order valence-electron chi connectivity index (χ4n) is 6.69. The molecule has 0 aliphatic carbocycles. The van der Waals surface area contributed by atoms with E-state index in [1.165, 1.54) is 23.7 Å². The number of methoxy groups -OCH3 is 1. The van der Waals surface area contributed by atoms with Crippen molar-refractivity contribution in [1.29, 1.82) is 0 Å². The number of hydrogen-bond donors (Lipinski definition) is 2. The SMILES string of the molecule is CCCc1cc(Nc2ncc(Cl)c(Nc3ccc4nccnc4c3CS(C)(=O)=O)n2)c(OC)cc1N1CCC(N2CCN(C)CC2)CC1. The van der Waals surface area contributed by atoms with Gasteiger partial charge in [-0.2, -0.15) is 4.98 Å². The summed E-state index contributed by atoms with van der Waals surface area (Å²) in [7, 11) is 0.490. The number of rotatable bonds is 11. The molecule has 2 fully saturated rings. The van der Waals surface area contributed by atoms with Gasteiger partial charge >= 0.3 is 0 Å². The molecule has 0 bridgehead atoms. The first-order chi connectivity index (χ1) is 23.1. The zero-order valence-electron chi connectivity index (χ0n) is 28.0. The second-order valence-corrected chi connectivity index (χ2v) is 15.3. The molecular weight excluding hydrogens is 650 g/mol. The third-order valence-electron chi connectivity index (χ3n) is 9.18. The lowest BCUT2D eigenvalue weighted by Crippen LogP contribution is -2.52. The van der Waals surface area contributed by atoms with Crippen molar-refractivity contribution in [3.8, 4) is 5.75 Å². The van der Waals surface area contributed by atoms with Gasteiger partial charge in [0, 0.05) is 87.0 Å². The fraction of sp³-hybridized carbons (Fsp3) is 0.471. The number of ether oxygens (including phenoxy) is 1. The Morgan fingerprint density at radius 2 is 1.73 bits per heavy atom. The van der Waals surface area contributed by atoms with E-state index in [1.807, 2.05) is 0 Å². The first-order valence-electron chi connectivity index (χ1n) is 16.5. The molecule has 2 aromatic carbocycles. The van der Waals surface area contributed by atoms with E-state index in [2.05, 4.69) is 71.4 Å². The Morgan fingerprint density at radius 3 is 2.44 bits per heavy atom. The molecule has 2 aliphatic rings. The summed E-state index contributed by atoms with van der Waals surface area (Å²) in [5.41, 5.74) is 5.31. The standard InChI is InChI=1S/C34H44ClN9O3S/c1-5-6-23-19-29(31(47-3)20-30(23)44-13-9-24(10-14-44)43-17-15-42(2)16-18-43)40-34-38-21-26(35)33(41-34)39-27-7-8-28-32(37-12-11-36-28)25(27)22-48(4,45)46/h7-8,11-12,19-21,24H,5-6,9-10,13-18,22H2,1-4H3,(H2,38,39,40,41). The van der Waals surface area contributed by atoms with Crippen LogP contribution in [-0.2, 0) is 22.0 Å². The highest BCUT2D eigenvalue weighted by Gasteiger charge is 2.28. The largest absolute Gasteiger partial charge is 0.494 e. The number of aryl methyl sites for hydroxylation is 1. The van der Waals surface area contributed by atoms with Crippen molar-refractivity contribution < 1.29 is 13.2 Å². The average molecular weight is 694 g/mol. The highest BCUT2D eigenvalue weighted by molar-refractivity contribution is 7.89. The van der Waals surface area contributed by atoms with Crippen LogP contribution in [0.3, 0.4) is 0 Å². The van der Waals surface area contributed by atoms with Crippen molar-refractivity contribution in [2.24, 2.45) is 0 Å². The number of nitrogens with one attached hydrogen (secondary N) is 2. The van der Waals surface area contributed by atoms with Gasteiger partial charge in [0.05, 0.1) is 35.8 Å². The molecule has 0 amide bonds. The lowest BCUT2D eigenvalue weighted by Gasteiger charge is -2.43. The molecule has 0 unspecified atom stereocenters. The van der Waals surface area contributed by atoms with Crippen LogP contribution in [-0.4, -0.2) is 104 Å². The Bertz CT molecular complexity index is 1860. The molecule has 0 atom stereocenters. The normalized spacial score (nSPS) is 16.7. The van der Waals surface area contributed by atoms with E-state index in [1.54, 1.807) is 31.6 Å². The van der Waals surface area contributed by atoms with Crippen LogP contribution in [0.15, 0.2) is 42.9 Å². The highest BCUT2D eigenvalue weighted by Crippen LogP contribution is 2.38. The van der Waals surface area contributed by atoms with E-state index in [4.69, 9.17) is 16.3 Å². The van der Waals surface area contributed by atoms with Crippen molar-refractivity contribution in [1.82, 2.24) is 29.7 Å². The Balaban J connectivity index is 1.24. The van der Waals surface area contributed by atoms with Gasteiger partial charge in [0.1, 0.15) is 10.8 Å². The van der Waals surface area contributed by atoms with Gasteiger partial charge < -0.3 is 25.2 Å². The van der Waals surface area contributed by atoms with Crippen LogP contribution in [0, 0.1) is 0 Å². The van der Waals surface area contributed by atoms with Crippen molar-refractivity contribution in [2.45, 2.75) is 44.4 Å². The van der Waals surface area contributed by atoms with Gasteiger partial charge in [0.2, 0.25) is 5.95 Å². The molecule has 0 spiro atoms. The summed E-state index contributed by atoms with van der Waals surface area (Å²) in [6.45, 7) is 8.81. The molecule has 4 heterocycles. The Kier molecular flexibility index (Phi) is 10.5. The van der Waals surface area contributed by atoms with Gasteiger partial charge in [-0.15, -0.1) is 0 Å². The number of nitrogens with zero attached hydrogens (tertiary/aromatic N) is 7. The number of halogens is 1. The number of likely N-dealkylation sites (N-methyl/N-ethyl adjacent to an activating group) is 1. The van der Waals surface area contributed by atoms with Crippen LogP contribution in [0.1, 0.15) is 37.3 Å². The minimum atomic E-state index is -3.39. The molecule has 12 nitrogen and oxygen atoms in total. The van der Waals surface area contributed by atoms with Gasteiger partial charge in [0.25, 0.3) is 0 Å². The van der Waals surface area contributed by atoms with E-state index in [-0.39, 0.29) is 10.8 Å². The van der Waals surface area contributed by atoms with Crippen LogP contribution >= 0.6 is 11.6 Å². The summed E-state index contributed by atoms with van der Waals surface area (Å²) < 4.78 is 30.6. The quantitative estimate of drug-likeness (QED) is 0.212. The van der Waals surface area contributed by atoms with Crippen molar-refractivity contribution in [2.75, 3.05) is 75.2 Å². The van der Waals surface area contributed by atoms with E-state index < -0.39 is 9.84 Å². The van der Waals surface area contributed by atoms with Crippen LogP contribution in [0.4, 0.5) is 28.8 Å². The molecule has 14 heteroatoms. The van der Waals surface area contributed by atoms with Crippen molar-refractivity contribution in [3.05, 3.63) is 59.0 Å². The van der Waals surface area contributed by atoms with Gasteiger partial charge in [-0.25, -0.2) is 13.4 Å². The summed E-state index contributed by atoms with van der Waals surface area (Å²) in [6.07, 6.45) is 10.1. The minimum absolute atomic E-state index is 0.226. The Hall–Kier alpha value is -3.78. The van der Waals surface area contributed by atoms with E-state index in [0.717, 1.165) is 70.6 Å². The highest BCUT2D eigenvalue weighted by atomic mass is 35.5. The van der Waals surface area contributed by atoms with Gasteiger partial charge in [-0.3, -0.25) is 14.9 Å². The summed E-state index contributed by atoms with van der Waals surface area (Å²) in [5.74, 6) is 1.10. The number of piperidine rings is 1. The predicted octanol–water partition coefficient (Wildman–Crippen LogP) is 5.28. The predicted molar refractivity (Wildman–Crippen MR) is 193 cm³/mol. The fourth-order valence-corrected chi connectivity index (χ4v) is 7.64. The monoisotopic (exact) mass is 693 g/mol. The van der Waals surface area contributed by atoms with Crippen LogP contribution in [0.2, 0.25) is 5.02 Å². The van der Waals surface area contributed by atoms with Gasteiger partial charge in [-0.05, 0) is 50.1 Å². The summed E-state index contributed by atoms with van der Waals surface area (Å²) >= 11 is 6.55. The number of hydrogen-bond acceptors (Lipinski definition) is 12. The van der Waals surface area contributed by atoms with Gasteiger partial charge in [-0.1, -0.05) is 24.9 Å². The molecule has 256 valence electrons. The van der Waals surface area contributed by atoms with Crippen LogP contribution in [0.5, 0.6) is 5.75 Å². The molecule has 2 N–H and O–H groups in total. The Labute approximate surface area is 287 Å². The zero-order valence-corrected chi connectivity index (χ0v) is 29.6. The summed E-state index contributed by atoms with van der Waals surface area (Å²) in [4.78, 5) is 25.5. The summed E-state index contributed by atoms with van der Waals surface area (Å²) in [5, 5.41) is 6.85. The van der Waals surface area contributed by atoms with E-state index in [0.29, 0.717) is 45.8 Å². The van der Waals surface area contributed by atoms with Gasteiger partial charge in [0.15, 0.2) is 15.7 Å². The lowest BCUT2D eigenvalue weighted by molar-refractivity contribution is 0.0982. The van der Waals surface area contributed by atoms with Crippen LogP contribution in [0.25, 0.3) is 11.0 Å². The van der Waals surface area contributed by atoms with Crippen LogP contribution < -0.4 is 20.3 Å². The number of anilines is 5. The molecular formula is C34H44ClN9O3S. The maximum absolute atomic E-state index is 12.4. The first-order valence-corrected chi connectivity index (χ1v) is 18.9. The minimum Gasteiger partial charge on any atom is -0.494 e. The molecule has 48 heavy (non-hydrogen) atoms. The molecule has 2 aromatic heterocycles.